The standard InChI is InChI=1S/C19H23N3O3/c1-18(2,3)25-17(24)22-10-19(11-22)7-12(8-19)16-9-20-14-5-4-13(23)6-15(14)21-16/h4-6,9,12,23H,7-8,10-11H2,1-3H3. The first-order valence-corrected chi connectivity index (χ1v) is 8.67. The molecule has 4 rings (SSSR count). The molecule has 1 aromatic carbocycles. The van der Waals surface area contributed by atoms with Gasteiger partial charge in [0, 0.05) is 36.7 Å². The van der Waals surface area contributed by atoms with E-state index in [0.717, 1.165) is 42.7 Å². The lowest BCUT2D eigenvalue weighted by Crippen LogP contribution is -2.63. The minimum absolute atomic E-state index is 0.205. The predicted octanol–water partition coefficient (Wildman–Crippen LogP) is 3.45. The minimum atomic E-state index is -0.450. The highest BCUT2D eigenvalue weighted by Gasteiger charge is 2.55. The van der Waals surface area contributed by atoms with Gasteiger partial charge >= 0.3 is 6.09 Å². The Labute approximate surface area is 146 Å². The highest BCUT2D eigenvalue weighted by molar-refractivity contribution is 5.75. The van der Waals surface area contributed by atoms with E-state index in [0.29, 0.717) is 5.92 Å². The molecule has 1 saturated heterocycles. The molecule has 132 valence electrons. The summed E-state index contributed by atoms with van der Waals surface area (Å²) in [6, 6.07) is 5.04. The number of likely N-dealkylation sites (tertiary alicyclic amines) is 1. The fourth-order valence-corrected chi connectivity index (χ4v) is 3.88. The van der Waals surface area contributed by atoms with Gasteiger partial charge < -0.3 is 14.7 Å². The van der Waals surface area contributed by atoms with Crippen LogP contribution in [0.2, 0.25) is 0 Å². The van der Waals surface area contributed by atoms with E-state index in [1.165, 1.54) is 0 Å². The highest BCUT2D eigenvalue weighted by atomic mass is 16.6. The van der Waals surface area contributed by atoms with Crippen LogP contribution < -0.4 is 0 Å². The number of phenolic OH excluding ortho intramolecular Hbond substituents is 1. The molecule has 2 aromatic rings. The first-order chi connectivity index (χ1) is 11.7. The van der Waals surface area contributed by atoms with E-state index >= 15 is 0 Å². The molecular formula is C19H23N3O3. The van der Waals surface area contributed by atoms with Gasteiger partial charge in [-0.15, -0.1) is 0 Å². The van der Waals surface area contributed by atoms with E-state index < -0.39 is 5.60 Å². The summed E-state index contributed by atoms with van der Waals surface area (Å²) in [6.45, 7) is 7.18. The van der Waals surface area contributed by atoms with Crippen LogP contribution in [0.15, 0.2) is 24.4 Å². The number of fused-ring (bicyclic) bond motifs is 1. The molecule has 2 aliphatic rings. The Morgan fingerprint density at radius 3 is 2.68 bits per heavy atom. The fourth-order valence-electron chi connectivity index (χ4n) is 3.88. The largest absolute Gasteiger partial charge is 0.508 e. The molecular weight excluding hydrogens is 318 g/mol. The fraction of sp³-hybridized carbons (Fsp3) is 0.526. The van der Waals surface area contributed by atoms with E-state index in [9.17, 15) is 9.90 Å². The van der Waals surface area contributed by atoms with Crippen molar-refractivity contribution in [2.24, 2.45) is 5.41 Å². The van der Waals surface area contributed by atoms with Crippen LogP contribution in [0.3, 0.4) is 0 Å². The van der Waals surface area contributed by atoms with Gasteiger partial charge in [0.15, 0.2) is 0 Å². The van der Waals surface area contributed by atoms with E-state index in [1.807, 2.05) is 27.0 Å². The molecule has 2 fully saturated rings. The van der Waals surface area contributed by atoms with Crippen molar-refractivity contribution in [2.75, 3.05) is 13.1 Å². The van der Waals surface area contributed by atoms with Crippen LogP contribution in [-0.4, -0.2) is 44.8 Å². The number of rotatable bonds is 1. The summed E-state index contributed by atoms with van der Waals surface area (Å²) < 4.78 is 5.42. The van der Waals surface area contributed by atoms with Crippen LogP contribution in [0.5, 0.6) is 5.75 Å². The number of ether oxygens (including phenoxy) is 1. The molecule has 6 heteroatoms. The van der Waals surface area contributed by atoms with Crippen LogP contribution in [0.25, 0.3) is 11.0 Å². The maximum absolute atomic E-state index is 12.1. The van der Waals surface area contributed by atoms with Crippen LogP contribution in [0.1, 0.15) is 45.2 Å². The summed E-state index contributed by atoms with van der Waals surface area (Å²) in [5.74, 6) is 0.580. The number of carbonyl (C=O) groups excluding carboxylic acids is 1. The van der Waals surface area contributed by atoms with Crippen molar-refractivity contribution in [3.63, 3.8) is 0 Å². The van der Waals surface area contributed by atoms with Gasteiger partial charge in [0.05, 0.1) is 16.7 Å². The summed E-state index contributed by atoms with van der Waals surface area (Å²) in [6.07, 6.45) is 3.65. The number of benzene rings is 1. The lowest BCUT2D eigenvalue weighted by molar-refractivity contribution is -0.0791. The first-order valence-electron chi connectivity index (χ1n) is 8.67. The van der Waals surface area contributed by atoms with Crippen molar-refractivity contribution in [1.29, 1.82) is 0 Å². The molecule has 0 radical (unpaired) electrons. The van der Waals surface area contributed by atoms with Gasteiger partial charge in [0.25, 0.3) is 0 Å². The topological polar surface area (TPSA) is 75.5 Å². The zero-order valence-electron chi connectivity index (χ0n) is 14.8. The number of phenols is 1. The summed E-state index contributed by atoms with van der Waals surface area (Å²) in [7, 11) is 0. The number of aromatic hydroxyl groups is 1. The molecule has 1 amide bonds. The first kappa shape index (κ1) is 16.1. The minimum Gasteiger partial charge on any atom is -0.508 e. The molecule has 1 aromatic heterocycles. The quantitative estimate of drug-likeness (QED) is 0.860. The zero-order chi connectivity index (χ0) is 17.8. The van der Waals surface area contributed by atoms with Gasteiger partial charge in [-0.25, -0.2) is 9.78 Å². The highest BCUT2D eigenvalue weighted by Crippen LogP contribution is 2.55. The number of carbonyl (C=O) groups is 1. The molecule has 0 unspecified atom stereocenters. The second kappa shape index (κ2) is 5.31. The second-order valence-electron chi connectivity index (χ2n) is 8.41. The molecule has 6 nitrogen and oxygen atoms in total. The van der Waals surface area contributed by atoms with E-state index in [2.05, 4.69) is 9.97 Å². The number of hydrogen-bond donors (Lipinski definition) is 1. The second-order valence-corrected chi connectivity index (χ2v) is 8.41. The molecule has 1 aliphatic carbocycles. The third-order valence-electron chi connectivity index (χ3n) is 5.03. The zero-order valence-corrected chi connectivity index (χ0v) is 14.8. The SMILES string of the molecule is CC(C)(C)OC(=O)N1CC2(CC(c3cnc4ccc(O)cc4n3)C2)C1. The summed E-state index contributed by atoms with van der Waals surface area (Å²) in [5, 5.41) is 9.61. The van der Waals surface area contributed by atoms with Crippen LogP contribution in [-0.2, 0) is 4.74 Å². The Morgan fingerprint density at radius 1 is 1.28 bits per heavy atom. The van der Waals surface area contributed by atoms with Gasteiger partial charge in [-0.1, -0.05) is 0 Å². The Kier molecular flexibility index (Phi) is 3.42. The number of hydrogen-bond acceptors (Lipinski definition) is 5. The van der Waals surface area contributed by atoms with Gasteiger partial charge in [-0.3, -0.25) is 4.98 Å². The van der Waals surface area contributed by atoms with Crippen molar-refractivity contribution >= 4 is 17.1 Å². The Bertz CT molecular complexity index is 829. The van der Waals surface area contributed by atoms with Crippen LogP contribution in [0.4, 0.5) is 4.79 Å². The van der Waals surface area contributed by atoms with E-state index in [-0.39, 0.29) is 17.3 Å². The van der Waals surface area contributed by atoms with Crippen molar-refractivity contribution < 1.29 is 14.6 Å². The molecule has 1 saturated carbocycles. The molecule has 2 heterocycles. The maximum atomic E-state index is 12.1. The molecule has 1 spiro atoms. The summed E-state index contributed by atoms with van der Waals surface area (Å²) >= 11 is 0. The van der Waals surface area contributed by atoms with Gasteiger partial charge in [0.1, 0.15) is 11.4 Å². The Morgan fingerprint density at radius 2 is 2.00 bits per heavy atom. The number of amides is 1. The molecule has 25 heavy (non-hydrogen) atoms. The van der Waals surface area contributed by atoms with Gasteiger partial charge in [-0.2, -0.15) is 0 Å². The average Bonchev–Trinajstić information content (AvgIpc) is 2.41. The van der Waals surface area contributed by atoms with Crippen molar-refractivity contribution in [1.82, 2.24) is 14.9 Å². The molecule has 0 atom stereocenters. The smallest absolute Gasteiger partial charge is 0.410 e. The maximum Gasteiger partial charge on any atom is 0.410 e. The van der Waals surface area contributed by atoms with Crippen LogP contribution >= 0.6 is 0 Å². The van der Waals surface area contributed by atoms with E-state index in [1.54, 1.807) is 23.1 Å². The lowest BCUT2D eigenvalue weighted by Gasteiger charge is -2.58. The van der Waals surface area contributed by atoms with Crippen molar-refractivity contribution in [3.05, 3.63) is 30.1 Å². The number of nitrogens with zero attached hydrogens (tertiary/aromatic N) is 3. The predicted molar refractivity (Wildman–Crippen MR) is 93.4 cm³/mol. The number of aromatic nitrogens is 2. The third-order valence-corrected chi connectivity index (χ3v) is 5.03. The summed E-state index contributed by atoms with van der Waals surface area (Å²) in [4.78, 5) is 22.9. The van der Waals surface area contributed by atoms with Gasteiger partial charge in [-0.05, 0) is 45.7 Å². The molecule has 1 N–H and O–H groups in total. The van der Waals surface area contributed by atoms with Crippen molar-refractivity contribution in [2.45, 2.75) is 45.1 Å². The normalized spacial score (nSPS) is 19.6. The van der Waals surface area contributed by atoms with Crippen LogP contribution in [0, 0.1) is 5.41 Å². The van der Waals surface area contributed by atoms with E-state index in [4.69, 9.17) is 4.74 Å². The molecule has 1 aliphatic heterocycles. The summed E-state index contributed by atoms with van der Waals surface area (Å²) in [5.41, 5.74) is 2.25. The monoisotopic (exact) mass is 341 g/mol. The third kappa shape index (κ3) is 3.01. The average molecular weight is 341 g/mol. The lowest BCUT2D eigenvalue weighted by atomic mass is 9.57. The Balaban J connectivity index is 1.38. The van der Waals surface area contributed by atoms with Crippen molar-refractivity contribution in [3.8, 4) is 5.75 Å². The van der Waals surface area contributed by atoms with Gasteiger partial charge in [0.2, 0.25) is 0 Å². The molecule has 0 bridgehead atoms. The Hall–Kier alpha value is -2.37.